The van der Waals surface area contributed by atoms with Crippen LogP contribution in [0.1, 0.15) is 21.5 Å². The smallest absolute Gasteiger partial charge is 0.254 e. The number of nitrogens with two attached hydrogens (primary N) is 1. The molecule has 2 amide bonds. The topological polar surface area (TPSA) is 66.6 Å². The van der Waals surface area contributed by atoms with Crippen LogP contribution in [0.3, 0.4) is 0 Å². The Morgan fingerprint density at radius 1 is 1.21 bits per heavy atom. The number of likely N-dealkylation sites (N-methyl/N-ethyl adjacent to an activating group) is 1. The Morgan fingerprint density at radius 2 is 1.89 bits per heavy atom. The van der Waals surface area contributed by atoms with Crippen molar-refractivity contribution in [3.63, 3.8) is 0 Å². The van der Waals surface area contributed by atoms with Crippen LogP contribution < -0.4 is 5.73 Å². The van der Waals surface area contributed by atoms with Crippen LogP contribution in [-0.4, -0.2) is 48.3 Å². The molecule has 2 rings (SSSR count). The van der Waals surface area contributed by atoms with Crippen molar-refractivity contribution in [2.45, 2.75) is 13.8 Å². The molecule has 19 heavy (non-hydrogen) atoms. The predicted molar refractivity (Wildman–Crippen MR) is 73.9 cm³/mol. The van der Waals surface area contributed by atoms with Crippen molar-refractivity contribution in [2.75, 3.05) is 32.4 Å². The molecule has 1 aromatic rings. The largest absolute Gasteiger partial charge is 0.398 e. The fourth-order valence-corrected chi connectivity index (χ4v) is 2.20. The van der Waals surface area contributed by atoms with Gasteiger partial charge in [0.05, 0.1) is 0 Å². The van der Waals surface area contributed by atoms with Gasteiger partial charge in [-0.05, 0) is 31.0 Å². The zero-order valence-corrected chi connectivity index (χ0v) is 11.6. The molecule has 0 saturated carbocycles. The summed E-state index contributed by atoms with van der Waals surface area (Å²) < 4.78 is 0. The molecule has 0 aromatic heterocycles. The van der Waals surface area contributed by atoms with Gasteiger partial charge in [-0.15, -0.1) is 0 Å². The van der Waals surface area contributed by atoms with E-state index in [1.165, 1.54) is 0 Å². The highest BCUT2D eigenvalue weighted by Crippen LogP contribution is 2.20. The summed E-state index contributed by atoms with van der Waals surface area (Å²) in [7, 11) is 1.75. The first kappa shape index (κ1) is 13.4. The fourth-order valence-electron chi connectivity index (χ4n) is 2.20. The molecular weight excluding hydrogens is 242 g/mol. The van der Waals surface area contributed by atoms with E-state index in [0.29, 0.717) is 24.3 Å². The van der Waals surface area contributed by atoms with Crippen LogP contribution in [0, 0.1) is 13.8 Å². The molecule has 1 saturated heterocycles. The lowest BCUT2D eigenvalue weighted by molar-refractivity contribution is -0.133. The summed E-state index contributed by atoms with van der Waals surface area (Å²) in [6.45, 7) is 5.08. The lowest BCUT2D eigenvalue weighted by Crippen LogP contribution is -2.50. The highest BCUT2D eigenvalue weighted by atomic mass is 16.2. The highest BCUT2D eigenvalue weighted by Gasteiger charge is 2.26. The van der Waals surface area contributed by atoms with Gasteiger partial charge >= 0.3 is 0 Å². The molecule has 0 atom stereocenters. The van der Waals surface area contributed by atoms with Crippen molar-refractivity contribution in [1.29, 1.82) is 0 Å². The molecule has 5 nitrogen and oxygen atoms in total. The van der Waals surface area contributed by atoms with Crippen molar-refractivity contribution < 1.29 is 9.59 Å². The van der Waals surface area contributed by atoms with Crippen LogP contribution in [0.15, 0.2) is 12.1 Å². The van der Waals surface area contributed by atoms with E-state index >= 15 is 0 Å². The van der Waals surface area contributed by atoms with Gasteiger partial charge in [-0.1, -0.05) is 6.07 Å². The molecule has 1 aliphatic heterocycles. The van der Waals surface area contributed by atoms with E-state index in [9.17, 15) is 9.59 Å². The molecule has 5 heteroatoms. The van der Waals surface area contributed by atoms with Crippen molar-refractivity contribution >= 4 is 17.5 Å². The predicted octanol–water partition coefficient (Wildman–Crippen LogP) is 0.800. The fraction of sp³-hybridized carbons (Fsp3) is 0.429. The first-order valence-corrected chi connectivity index (χ1v) is 6.30. The van der Waals surface area contributed by atoms with Gasteiger partial charge in [0.1, 0.15) is 6.54 Å². The molecule has 102 valence electrons. The number of carbonyl (C=O) groups excluding carboxylic acids is 2. The number of rotatable bonds is 1. The average molecular weight is 261 g/mol. The van der Waals surface area contributed by atoms with Gasteiger partial charge in [-0.3, -0.25) is 9.59 Å². The minimum atomic E-state index is -0.120. The number of carbonyl (C=O) groups is 2. The third-order valence-electron chi connectivity index (χ3n) is 3.59. The third-order valence-corrected chi connectivity index (χ3v) is 3.59. The quantitative estimate of drug-likeness (QED) is 0.760. The van der Waals surface area contributed by atoms with Gasteiger partial charge in [0, 0.05) is 31.4 Å². The normalized spacial score (nSPS) is 15.8. The summed E-state index contributed by atoms with van der Waals surface area (Å²) in [5.41, 5.74) is 8.90. The molecule has 2 N–H and O–H groups in total. The van der Waals surface area contributed by atoms with Crippen molar-refractivity contribution in [3.05, 3.63) is 28.8 Å². The van der Waals surface area contributed by atoms with E-state index in [2.05, 4.69) is 0 Å². The van der Waals surface area contributed by atoms with E-state index in [1.807, 2.05) is 19.9 Å². The van der Waals surface area contributed by atoms with Crippen molar-refractivity contribution in [1.82, 2.24) is 9.80 Å². The van der Waals surface area contributed by atoms with Crippen LogP contribution in [0.4, 0.5) is 5.69 Å². The number of amides is 2. The summed E-state index contributed by atoms with van der Waals surface area (Å²) in [6, 6.07) is 3.61. The molecule has 0 spiro atoms. The summed E-state index contributed by atoms with van der Waals surface area (Å²) in [5.74, 6) is -0.150. The molecular formula is C14H19N3O2. The van der Waals surface area contributed by atoms with Gasteiger partial charge in [-0.25, -0.2) is 0 Å². The van der Waals surface area contributed by atoms with E-state index in [0.717, 1.165) is 11.1 Å². The maximum Gasteiger partial charge on any atom is 0.254 e. The van der Waals surface area contributed by atoms with Gasteiger partial charge < -0.3 is 15.5 Å². The lowest BCUT2D eigenvalue weighted by Gasteiger charge is -2.32. The van der Waals surface area contributed by atoms with Gasteiger partial charge in [0.2, 0.25) is 5.91 Å². The number of nitrogen functional groups attached to an aromatic ring is 1. The van der Waals surface area contributed by atoms with Gasteiger partial charge in [0.25, 0.3) is 5.91 Å². The Hall–Kier alpha value is -2.04. The summed E-state index contributed by atoms with van der Waals surface area (Å²) in [5, 5.41) is 0. The highest BCUT2D eigenvalue weighted by molar-refractivity contribution is 5.99. The van der Waals surface area contributed by atoms with E-state index in [1.54, 1.807) is 22.9 Å². The van der Waals surface area contributed by atoms with E-state index < -0.39 is 0 Å². The van der Waals surface area contributed by atoms with Crippen LogP contribution in [0.25, 0.3) is 0 Å². The van der Waals surface area contributed by atoms with Crippen molar-refractivity contribution in [2.24, 2.45) is 0 Å². The molecule has 0 aliphatic carbocycles. The standard InChI is InChI=1S/C14H19N3O2/c1-9-6-10(2)12(15)7-11(9)14(19)17-5-4-16(3)13(18)8-17/h6-7H,4-5,8,15H2,1-3H3. The van der Waals surface area contributed by atoms with Crippen LogP contribution in [0.2, 0.25) is 0 Å². The number of nitrogens with zero attached hydrogens (tertiary/aromatic N) is 2. The Balaban J connectivity index is 2.25. The minimum Gasteiger partial charge on any atom is -0.398 e. The Kier molecular flexibility index (Phi) is 3.46. The Bertz CT molecular complexity index is 540. The summed E-state index contributed by atoms with van der Waals surface area (Å²) >= 11 is 0. The maximum atomic E-state index is 12.4. The first-order chi connectivity index (χ1) is 8.90. The SMILES string of the molecule is Cc1cc(C)c(C(=O)N2CCN(C)C(=O)C2)cc1N. The summed E-state index contributed by atoms with van der Waals surface area (Å²) in [6.07, 6.45) is 0. The number of hydrogen-bond donors (Lipinski definition) is 1. The molecule has 1 heterocycles. The average Bonchev–Trinajstić information content (AvgIpc) is 2.36. The van der Waals surface area contributed by atoms with Crippen LogP contribution in [-0.2, 0) is 4.79 Å². The second-order valence-corrected chi connectivity index (χ2v) is 5.07. The van der Waals surface area contributed by atoms with Crippen molar-refractivity contribution in [3.8, 4) is 0 Å². The number of hydrogen-bond acceptors (Lipinski definition) is 3. The van der Waals surface area contributed by atoms with Gasteiger partial charge in [0.15, 0.2) is 0 Å². The molecule has 1 aliphatic rings. The zero-order chi connectivity index (χ0) is 14.2. The number of benzene rings is 1. The second-order valence-electron chi connectivity index (χ2n) is 5.07. The van der Waals surface area contributed by atoms with E-state index in [4.69, 9.17) is 5.73 Å². The molecule has 0 radical (unpaired) electrons. The Labute approximate surface area is 113 Å². The molecule has 0 bridgehead atoms. The first-order valence-electron chi connectivity index (χ1n) is 6.30. The van der Waals surface area contributed by atoms with Crippen LogP contribution >= 0.6 is 0 Å². The monoisotopic (exact) mass is 261 g/mol. The Morgan fingerprint density at radius 3 is 2.53 bits per heavy atom. The maximum absolute atomic E-state index is 12.4. The molecule has 1 fully saturated rings. The molecule has 1 aromatic carbocycles. The second kappa shape index (κ2) is 4.91. The molecule has 0 unspecified atom stereocenters. The zero-order valence-electron chi connectivity index (χ0n) is 11.6. The summed E-state index contributed by atoms with van der Waals surface area (Å²) in [4.78, 5) is 27.3. The number of aryl methyl sites for hydroxylation is 2. The van der Waals surface area contributed by atoms with Gasteiger partial charge in [-0.2, -0.15) is 0 Å². The minimum absolute atomic E-state index is 0.0302. The lowest BCUT2D eigenvalue weighted by atomic mass is 10.0. The third kappa shape index (κ3) is 2.54. The number of anilines is 1. The number of piperazine rings is 1. The van der Waals surface area contributed by atoms with E-state index in [-0.39, 0.29) is 18.4 Å². The van der Waals surface area contributed by atoms with Crippen LogP contribution in [0.5, 0.6) is 0 Å².